The summed E-state index contributed by atoms with van der Waals surface area (Å²) >= 11 is 6.22. The number of rotatable bonds is 1. The summed E-state index contributed by atoms with van der Waals surface area (Å²) in [5.41, 5.74) is 2.52. The highest BCUT2D eigenvalue weighted by Gasteiger charge is 2.27. The zero-order chi connectivity index (χ0) is 19.3. The normalized spacial score (nSPS) is 22.4. The minimum atomic E-state index is 0.226. The minimum absolute atomic E-state index is 0.226. The van der Waals surface area contributed by atoms with Crippen molar-refractivity contribution in [1.82, 2.24) is 29.5 Å². The van der Waals surface area contributed by atoms with Crippen LogP contribution in [-0.2, 0) is 11.3 Å². The maximum Gasteiger partial charge on any atom is 0.257 e. The molecule has 0 unspecified atom stereocenters. The lowest BCUT2D eigenvalue weighted by Crippen LogP contribution is -2.26. The van der Waals surface area contributed by atoms with E-state index in [0.717, 1.165) is 42.6 Å². The number of nitrogens with one attached hydrogen (secondary N) is 1. The third-order valence-corrected chi connectivity index (χ3v) is 5.63. The fraction of sp³-hybridized carbons (Fsp3) is 0.556. The fourth-order valence-corrected chi connectivity index (χ4v) is 4.15. The lowest BCUT2D eigenvalue weighted by atomic mass is 10.0. The number of aromatic nitrogens is 6. The van der Waals surface area contributed by atoms with Crippen LogP contribution in [0.2, 0.25) is 5.15 Å². The van der Waals surface area contributed by atoms with E-state index in [-0.39, 0.29) is 12.1 Å². The minimum Gasteiger partial charge on any atom is -0.475 e. The number of anilines is 2. The van der Waals surface area contributed by atoms with Gasteiger partial charge in [0.1, 0.15) is 5.69 Å². The second-order valence-electron chi connectivity index (χ2n) is 7.34. The zero-order valence-corrected chi connectivity index (χ0v) is 16.6. The van der Waals surface area contributed by atoms with E-state index in [1.807, 2.05) is 6.92 Å². The Morgan fingerprint density at radius 1 is 1.29 bits per heavy atom. The van der Waals surface area contributed by atoms with Crippen LogP contribution in [0.1, 0.15) is 37.9 Å². The number of halogens is 1. The van der Waals surface area contributed by atoms with Gasteiger partial charge in [-0.3, -0.25) is 4.68 Å². The largest absolute Gasteiger partial charge is 0.475 e. The van der Waals surface area contributed by atoms with Crippen LogP contribution in [-0.4, -0.2) is 48.8 Å². The molecule has 3 aromatic rings. The molecule has 3 aromatic heterocycles. The van der Waals surface area contributed by atoms with Crippen LogP contribution < -0.4 is 10.1 Å². The molecule has 0 aromatic carbocycles. The van der Waals surface area contributed by atoms with Gasteiger partial charge < -0.3 is 14.8 Å². The van der Waals surface area contributed by atoms with Crippen LogP contribution in [0.5, 0.6) is 5.88 Å². The molecular weight excluding hydrogens is 382 g/mol. The lowest BCUT2D eigenvalue weighted by Gasteiger charge is -2.28. The molecule has 0 amide bonds. The van der Waals surface area contributed by atoms with Crippen molar-refractivity contribution in [2.24, 2.45) is 0 Å². The van der Waals surface area contributed by atoms with Crippen molar-refractivity contribution in [2.45, 2.75) is 51.8 Å². The number of nitrogens with zero attached hydrogens (tertiary/aromatic N) is 6. The van der Waals surface area contributed by atoms with Crippen LogP contribution in [0, 0.1) is 6.92 Å². The van der Waals surface area contributed by atoms with Gasteiger partial charge in [0, 0.05) is 25.8 Å². The molecule has 2 atom stereocenters. The monoisotopic (exact) mass is 403 g/mol. The summed E-state index contributed by atoms with van der Waals surface area (Å²) in [7, 11) is 0. The molecule has 0 aliphatic carbocycles. The van der Waals surface area contributed by atoms with Gasteiger partial charge in [0.05, 0.1) is 29.8 Å². The van der Waals surface area contributed by atoms with Crippen LogP contribution >= 0.6 is 11.6 Å². The molecule has 28 heavy (non-hydrogen) atoms. The SMILES string of the molecule is Cc1c2c(nn1[C@@H]1CCO[C@H](C)C1)OCCCn1nc(Cl)c3cnc(nc31)N2. The Balaban J connectivity index is 1.56. The molecule has 2 aliphatic rings. The van der Waals surface area contributed by atoms with E-state index in [2.05, 4.69) is 32.0 Å². The van der Waals surface area contributed by atoms with Crippen molar-refractivity contribution in [3.05, 3.63) is 17.0 Å². The molecule has 10 heteroatoms. The summed E-state index contributed by atoms with van der Waals surface area (Å²) in [5, 5.41) is 13.6. The van der Waals surface area contributed by atoms with Crippen LogP contribution in [0.15, 0.2) is 6.20 Å². The maximum absolute atomic E-state index is 6.22. The first kappa shape index (κ1) is 17.7. The Bertz CT molecular complexity index is 1030. The molecule has 148 valence electrons. The summed E-state index contributed by atoms with van der Waals surface area (Å²) in [4.78, 5) is 9.04. The molecule has 5 rings (SSSR count). The average molecular weight is 404 g/mol. The molecule has 1 N–H and O–H groups in total. The Morgan fingerprint density at radius 2 is 2.18 bits per heavy atom. The van der Waals surface area contributed by atoms with Gasteiger partial charge in [-0.05, 0) is 26.7 Å². The summed E-state index contributed by atoms with van der Waals surface area (Å²) in [6.07, 6.45) is 4.57. The van der Waals surface area contributed by atoms with Crippen molar-refractivity contribution < 1.29 is 9.47 Å². The Morgan fingerprint density at radius 3 is 3.04 bits per heavy atom. The first-order valence-corrected chi connectivity index (χ1v) is 9.97. The van der Waals surface area contributed by atoms with Gasteiger partial charge in [0.15, 0.2) is 10.8 Å². The molecule has 2 aliphatic heterocycles. The highest BCUT2D eigenvalue weighted by atomic mass is 35.5. The van der Waals surface area contributed by atoms with Gasteiger partial charge in [-0.2, -0.15) is 10.1 Å². The fourth-order valence-electron chi connectivity index (χ4n) is 3.92. The van der Waals surface area contributed by atoms with Gasteiger partial charge in [-0.15, -0.1) is 5.10 Å². The number of hydrogen-bond donors (Lipinski definition) is 1. The average Bonchev–Trinajstić information content (AvgIpc) is 3.16. The quantitative estimate of drug-likeness (QED) is 0.666. The Labute approximate surface area is 167 Å². The van der Waals surface area contributed by atoms with Gasteiger partial charge in [0.25, 0.3) is 5.88 Å². The van der Waals surface area contributed by atoms with E-state index < -0.39 is 0 Å². The van der Waals surface area contributed by atoms with Crippen molar-refractivity contribution in [3.8, 4) is 5.88 Å². The molecule has 0 spiro atoms. The molecule has 1 saturated heterocycles. The lowest BCUT2D eigenvalue weighted by molar-refractivity contribution is 0.00288. The highest BCUT2D eigenvalue weighted by Crippen LogP contribution is 2.35. The molecule has 5 heterocycles. The van der Waals surface area contributed by atoms with Gasteiger partial charge in [-0.1, -0.05) is 11.6 Å². The predicted octanol–water partition coefficient (Wildman–Crippen LogP) is 3.25. The van der Waals surface area contributed by atoms with Crippen molar-refractivity contribution in [3.63, 3.8) is 0 Å². The summed E-state index contributed by atoms with van der Waals surface area (Å²) in [6.45, 7) is 6.07. The van der Waals surface area contributed by atoms with Crippen molar-refractivity contribution >= 4 is 34.3 Å². The highest BCUT2D eigenvalue weighted by molar-refractivity contribution is 6.34. The molecular formula is C18H22ClN7O2. The van der Waals surface area contributed by atoms with Crippen LogP contribution in [0.3, 0.4) is 0 Å². The molecule has 1 fully saturated rings. The first-order chi connectivity index (χ1) is 13.6. The predicted molar refractivity (Wildman–Crippen MR) is 104 cm³/mol. The topological polar surface area (TPSA) is 91.9 Å². The van der Waals surface area contributed by atoms with E-state index >= 15 is 0 Å². The second-order valence-corrected chi connectivity index (χ2v) is 7.70. The number of ether oxygens (including phenoxy) is 2. The Kier molecular flexibility index (Phi) is 4.36. The van der Waals surface area contributed by atoms with E-state index in [9.17, 15) is 0 Å². The van der Waals surface area contributed by atoms with E-state index in [0.29, 0.717) is 35.8 Å². The standard InChI is InChI=1S/C18H22ClN7O2/c1-10-8-12(4-7-27-10)26-11(2)14-17(24-26)28-6-3-5-25-16-13(15(19)23-25)9-20-18(21-14)22-16/h9-10,12H,3-8H2,1-2H3,(H,20,21,22)/t10-,12-/m1/s1. The van der Waals surface area contributed by atoms with Gasteiger partial charge in [-0.25, -0.2) is 9.67 Å². The smallest absolute Gasteiger partial charge is 0.257 e. The first-order valence-electron chi connectivity index (χ1n) is 9.59. The number of fused-ring (bicyclic) bond motifs is 2. The van der Waals surface area contributed by atoms with Crippen molar-refractivity contribution in [2.75, 3.05) is 18.5 Å². The molecule has 2 bridgehead atoms. The van der Waals surface area contributed by atoms with E-state index in [1.165, 1.54) is 0 Å². The summed E-state index contributed by atoms with van der Waals surface area (Å²) < 4.78 is 15.6. The second kappa shape index (κ2) is 6.89. The van der Waals surface area contributed by atoms with Crippen LogP contribution in [0.4, 0.5) is 11.6 Å². The maximum atomic E-state index is 6.22. The van der Waals surface area contributed by atoms with E-state index in [4.69, 9.17) is 26.2 Å². The van der Waals surface area contributed by atoms with Gasteiger partial charge >= 0.3 is 0 Å². The molecule has 9 nitrogen and oxygen atoms in total. The van der Waals surface area contributed by atoms with Crippen molar-refractivity contribution in [1.29, 1.82) is 0 Å². The summed E-state index contributed by atoms with van der Waals surface area (Å²) in [6, 6.07) is 0.290. The third kappa shape index (κ3) is 2.98. The third-order valence-electron chi connectivity index (χ3n) is 5.35. The van der Waals surface area contributed by atoms with Crippen LogP contribution in [0.25, 0.3) is 11.0 Å². The van der Waals surface area contributed by atoms with E-state index in [1.54, 1.807) is 10.9 Å². The molecule has 0 saturated carbocycles. The van der Waals surface area contributed by atoms with Gasteiger partial charge in [0.2, 0.25) is 5.95 Å². The number of hydrogen-bond acceptors (Lipinski definition) is 7. The number of aryl methyl sites for hydroxylation is 1. The Hall–Kier alpha value is -2.39. The summed E-state index contributed by atoms with van der Waals surface area (Å²) in [5.74, 6) is 1.05. The molecule has 0 radical (unpaired) electrons. The zero-order valence-electron chi connectivity index (χ0n) is 15.9.